The molecular formula is C10H13ClN2O3. The predicted molar refractivity (Wildman–Crippen MR) is 61.6 cm³/mol. The van der Waals surface area contributed by atoms with Gasteiger partial charge in [-0.3, -0.25) is 4.79 Å². The summed E-state index contributed by atoms with van der Waals surface area (Å²) in [6.07, 6.45) is 0. The molecule has 0 saturated carbocycles. The summed E-state index contributed by atoms with van der Waals surface area (Å²) in [5.41, 5.74) is 5.74. The Labute approximate surface area is 98.2 Å². The van der Waals surface area contributed by atoms with Gasteiger partial charge in [0.05, 0.1) is 12.3 Å². The van der Waals surface area contributed by atoms with Gasteiger partial charge in [0.2, 0.25) is 5.91 Å². The van der Waals surface area contributed by atoms with Crippen molar-refractivity contribution in [2.45, 2.75) is 6.04 Å². The molecule has 1 aromatic carbocycles. The van der Waals surface area contributed by atoms with Crippen LogP contribution >= 0.6 is 11.6 Å². The molecule has 0 aliphatic carbocycles. The van der Waals surface area contributed by atoms with Gasteiger partial charge >= 0.3 is 0 Å². The molecule has 5 nitrogen and oxygen atoms in total. The number of carbonyl (C=O) groups excluding carboxylic acids is 1. The molecule has 6 heteroatoms. The van der Waals surface area contributed by atoms with E-state index >= 15 is 0 Å². The summed E-state index contributed by atoms with van der Waals surface area (Å²) in [5.74, 6) is -0.512. The largest absolute Gasteiger partial charge is 0.506 e. The Kier molecular flexibility index (Phi) is 4.54. The highest BCUT2D eigenvalue weighted by atomic mass is 35.5. The number of benzene rings is 1. The van der Waals surface area contributed by atoms with Crippen LogP contribution in [0.25, 0.3) is 0 Å². The Morgan fingerprint density at radius 3 is 3.00 bits per heavy atom. The number of carbonyl (C=O) groups is 1. The lowest BCUT2D eigenvalue weighted by Crippen LogP contribution is -2.39. The van der Waals surface area contributed by atoms with Crippen molar-refractivity contribution < 1.29 is 14.6 Å². The molecule has 0 saturated heterocycles. The third kappa shape index (κ3) is 3.37. The van der Waals surface area contributed by atoms with Crippen molar-refractivity contribution >= 4 is 23.2 Å². The van der Waals surface area contributed by atoms with Gasteiger partial charge in [-0.15, -0.1) is 0 Å². The second kappa shape index (κ2) is 5.69. The van der Waals surface area contributed by atoms with Crippen LogP contribution in [0.5, 0.6) is 5.75 Å². The van der Waals surface area contributed by atoms with Crippen LogP contribution in [0.1, 0.15) is 0 Å². The summed E-state index contributed by atoms with van der Waals surface area (Å²) in [7, 11) is 1.45. The molecule has 0 radical (unpaired) electrons. The minimum absolute atomic E-state index is 0.0673. The smallest absolute Gasteiger partial charge is 0.243 e. The van der Waals surface area contributed by atoms with Gasteiger partial charge in [-0.1, -0.05) is 11.6 Å². The first-order chi connectivity index (χ1) is 7.54. The quantitative estimate of drug-likeness (QED) is 0.689. The molecule has 88 valence electrons. The zero-order valence-corrected chi connectivity index (χ0v) is 9.49. The van der Waals surface area contributed by atoms with E-state index in [0.29, 0.717) is 5.02 Å². The van der Waals surface area contributed by atoms with Crippen molar-refractivity contribution in [2.75, 3.05) is 19.0 Å². The lowest BCUT2D eigenvalue weighted by molar-refractivity contribution is -0.118. The van der Waals surface area contributed by atoms with E-state index in [4.69, 9.17) is 22.1 Å². The summed E-state index contributed by atoms with van der Waals surface area (Å²) < 4.78 is 4.74. The summed E-state index contributed by atoms with van der Waals surface area (Å²) in [6.45, 7) is 0.104. The molecule has 0 bridgehead atoms. The third-order valence-electron chi connectivity index (χ3n) is 1.90. The highest BCUT2D eigenvalue weighted by Gasteiger charge is 2.14. The van der Waals surface area contributed by atoms with E-state index in [9.17, 15) is 9.90 Å². The first kappa shape index (κ1) is 12.8. The number of phenolic OH excluding ortho intramolecular Hbond substituents is 1. The van der Waals surface area contributed by atoms with E-state index in [1.54, 1.807) is 0 Å². The molecule has 0 fully saturated rings. The van der Waals surface area contributed by atoms with Crippen molar-refractivity contribution in [3.8, 4) is 5.75 Å². The van der Waals surface area contributed by atoms with Gasteiger partial charge < -0.3 is 20.9 Å². The Morgan fingerprint density at radius 1 is 1.69 bits per heavy atom. The second-order valence-corrected chi connectivity index (χ2v) is 3.65. The number of anilines is 1. The molecular weight excluding hydrogens is 232 g/mol. The van der Waals surface area contributed by atoms with Crippen LogP contribution in [-0.2, 0) is 9.53 Å². The maximum Gasteiger partial charge on any atom is 0.243 e. The van der Waals surface area contributed by atoms with Gasteiger partial charge in [-0.2, -0.15) is 0 Å². The summed E-state index contributed by atoms with van der Waals surface area (Å²) in [6, 6.07) is 3.55. The Hall–Kier alpha value is -1.30. The average Bonchev–Trinajstić information content (AvgIpc) is 2.23. The number of hydrogen-bond acceptors (Lipinski definition) is 4. The molecule has 0 aromatic heterocycles. The lowest BCUT2D eigenvalue weighted by atomic mass is 10.2. The molecule has 0 aliphatic rings. The molecule has 0 aliphatic heterocycles. The Morgan fingerprint density at radius 2 is 2.38 bits per heavy atom. The first-order valence-electron chi connectivity index (χ1n) is 4.58. The van der Waals surface area contributed by atoms with E-state index in [0.717, 1.165) is 0 Å². The first-order valence-corrected chi connectivity index (χ1v) is 4.96. The summed E-state index contributed by atoms with van der Waals surface area (Å²) >= 11 is 5.72. The molecule has 4 N–H and O–H groups in total. The summed E-state index contributed by atoms with van der Waals surface area (Å²) in [4.78, 5) is 11.5. The fourth-order valence-corrected chi connectivity index (χ4v) is 1.26. The number of ether oxygens (including phenoxy) is 1. The minimum atomic E-state index is -0.789. The number of aromatic hydroxyl groups is 1. The third-order valence-corrected chi connectivity index (χ3v) is 2.13. The zero-order valence-electron chi connectivity index (χ0n) is 8.74. The van der Waals surface area contributed by atoms with Crippen LogP contribution in [0, 0.1) is 0 Å². The second-order valence-electron chi connectivity index (χ2n) is 3.21. The van der Waals surface area contributed by atoms with Crippen molar-refractivity contribution in [1.82, 2.24) is 0 Å². The van der Waals surface area contributed by atoms with E-state index in [2.05, 4.69) is 5.32 Å². The minimum Gasteiger partial charge on any atom is -0.506 e. The van der Waals surface area contributed by atoms with E-state index in [1.807, 2.05) is 0 Å². The maximum absolute atomic E-state index is 11.5. The fraction of sp³-hybridized carbons (Fsp3) is 0.300. The molecule has 16 heavy (non-hydrogen) atoms. The predicted octanol–water partition coefficient (Wildman–Crippen LogP) is 0.958. The van der Waals surface area contributed by atoms with E-state index in [1.165, 1.54) is 25.3 Å². The number of rotatable bonds is 4. The standard InChI is InChI=1S/C10H13ClN2O3/c1-16-5-7(12)10(15)13-8-4-6(11)2-3-9(8)14/h2-4,7,14H,5,12H2,1H3,(H,13,15). The van der Waals surface area contributed by atoms with Gasteiger partial charge in [-0.25, -0.2) is 0 Å². The molecule has 1 aromatic rings. The molecule has 0 heterocycles. The SMILES string of the molecule is COCC(N)C(=O)Nc1cc(Cl)ccc1O. The topological polar surface area (TPSA) is 84.6 Å². The normalized spacial score (nSPS) is 12.2. The number of amides is 1. The Bertz CT molecular complexity index is 384. The number of nitrogens with one attached hydrogen (secondary N) is 1. The average molecular weight is 245 g/mol. The number of halogens is 1. The highest BCUT2D eigenvalue weighted by molar-refractivity contribution is 6.31. The molecule has 0 spiro atoms. The summed E-state index contributed by atoms with van der Waals surface area (Å²) in [5, 5.41) is 12.3. The van der Waals surface area contributed by atoms with Gasteiger partial charge in [-0.05, 0) is 18.2 Å². The van der Waals surface area contributed by atoms with Crippen molar-refractivity contribution in [1.29, 1.82) is 0 Å². The number of phenols is 1. The van der Waals surface area contributed by atoms with Crippen LogP contribution in [-0.4, -0.2) is 30.8 Å². The lowest BCUT2D eigenvalue weighted by Gasteiger charge is -2.12. The van der Waals surface area contributed by atoms with Crippen LogP contribution in [0.4, 0.5) is 5.69 Å². The molecule has 1 rings (SSSR count). The van der Waals surface area contributed by atoms with Crippen LogP contribution < -0.4 is 11.1 Å². The van der Waals surface area contributed by atoms with Gasteiger partial charge in [0.25, 0.3) is 0 Å². The van der Waals surface area contributed by atoms with E-state index < -0.39 is 11.9 Å². The Balaban J connectivity index is 2.72. The molecule has 1 amide bonds. The van der Waals surface area contributed by atoms with Crippen LogP contribution in [0.15, 0.2) is 18.2 Å². The molecule has 1 atom stereocenters. The molecule has 1 unspecified atom stereocenters. The fourth-order valence-electron chi connectivity index (χ4n) is 1.09. The number of methoxy groups -OCH3 is 1. The van der Waals surface area contributed by atoms with E-state index in [-0.39, 0.29) is 18.0 Å². The van der Waals surface area contributed by atoms with Crippen molar-refractivity contribution in [3.63, 3.8) is 0 Å². The van der Waals surface area contributed by atoms with Gasteiger partial charge in [0.15, 0.2) is 0 Å². The van der Waals surface area contributed by atoms with Crippen LogP contribution in [0.2, 0.25) is 5.02 Å². The highest BCUT2D eigenvalue weighted by Crippen LogP contribution is 2.26. The van der Waals surface area contributed by atoms with Gasteiger partial charge in [0.1, 0.15) is 11.8 Å². The maximum atomic E-state index is 11.5. The van der Waals surface area contributed by atoms with Crippen molar-refractivity contribution in [2.24, 2.45) is 5.73 Å². The zero-order chi connectivity index (χ0) is 12.1. The van der Waals surface area contributed by atoms with Crippen LogP contribution in [0.3, 0.4) is 0 Å². The van der Waals surface area contributed by atoms with Crippen molar-refractivity contribution in [3.05, 3.63) is 23.2 Å². The monoisotopic (exact) mass is 244 g/mol. The van der Waals surface area contributed by atoms with Gasteiger partial charge in [0, 0.05) is 12.1 Å². The number of nitrogens with two attached hydrogens (primary N) is 1. The number of hydrogen-bond donors (Lipinski definition) is 3.